The standard InChI is InChI=1S/C9H14/c1-2-4-8-6-7-9(8)5-3-1/h4,9H,1-3,5-7H2/t9-/m0/s1. The SMILES string of the molecule is C1=C2CC[C@@H]2CCCC1. The Kier molecular flexibility index (Phi) is 1.33. The Labute approximate surface area is 57.0 Å². The fourth-order valence-corrected chi connectivity index (χ4v) is 1.94. The van der Waals surface area contributed by atoms with Crippen molar-refractivity contribution in [3.05, 3.63) is 11.6 Å². The van der Waals surface area contributed by atoms with Gasteiger partial charge in [0.25, 0.3) is 0 Å². The lowest BCUT2D eigenvalue weighted by atomic mass is 9.77. The molecule has 9 heavy (non-hydrogen) atoms. The zero-order chi connectivity index (χ0) is 6.10. The van der Waals surface area contributed by atoms with Crippen LogP contribution in [0.1, 0.15) is 38.5 Å². The van der Waals surface area contributed by atoms with E-state index in [0.717, 1.165) is 5.92 Å². The maximum atomic E-state index is 2.49. The molecule has 0 spiro atoms. The van der Waals surface area contributed by atoms with Crippen LogP contribution in [0.15, 0.2) is 11.6 Å². The lowest BCUT2D eigenvalue weighted by Crippen LogP contribution is -2.13. The van der Waals surface area contributed by atoms with E-state index in [4.69, 9.17) is 0 Å². The minimum atomic E-state index is 1.03. The molecule has 50 valence electrons. The van der Waals surface area contributed by atoms with Crippen molar-refractivity contribution in [3.63, 3.8) is 0 Å². The Hall–Kier alpha value is -0.260. The van der Waals surface area contributed by atoms with Gasteiger partial charge in [-0.2, -0.15) is 0 Å². The Balaban J connectivity index is 2.05. The number of fused-ring (bicyclic) bond motifs is 1. The molecule has 0 radical (unpaired) electrons. The van der Waals surface area contributed by atoms with Crippen molar-refractivity contribution >= 4 is 0 Å². The molecule has 2 aliphatic carbocycles. The van der Waals surface area contributed by atoms with Gasteiger partial charge in [-0.3, -0.25) is 0 Å². The van der Waals surface area contributed by atoms with Crippen molar-refractivity contribution < 1.29 is 0 Å². The Morgan fingerprint density at radius 3 is 3.00 bits per heavy atom. The molecule has 2 rings (SSSR count). The molecule has 0 amide bonds. The molecular formula is C9H14. The first-order valence-corrected chi connectivity index (χ1v) is 4.16. The van der Waals surface area contributed by atoms with Gasteiger partial charge in [0.1, 0.15) is 0 Å². The molecule has 0 aliphatic heterocycles. The van der Waals surface area contributed by atoms with Crippen LogP contribution in [0.25, 0.3) is 0 Å². The summed E-state index contributed by atoms with van der Waals surface area (Å²) in [6.07, 6.45) is 11.2. The van der Waals surface area contributed by atoms with E-state index >= 15 is 0 Å². The molecule has 0 heterocycles. The van der Waals surface area contributed by atoms with E-state index in [1.54, 1.807) is 5.57 Å². The van der Waals surface area contributed by atoms with Gasteiger partial charge in [0.2, 0.25) is 0 Å². The van der Waals surface area contributed by atoms with Crippen LogP contribution in [0, 0.1) is 5.92 Å². The van der Waals surface area contributed by atoms with E-state index in [2.05, 4.69) is 6.08 Å². The zero-order valence-corrected chi connectivity index (χ0v) is 5.90. The first kappa shape index (κ1) is 5.52. The summed E-state index contributed by atoms with van der Waals surface area (Å²) in [5.74, 6) is 1.03. The van der Waals surface area contributed by atoms with Crippen LogP contribution in [0.3, 0.4) is 0 Å². The fourth-order valence-electron chi connectivity index (χ4n) is 1.94. The second-order valence-electron chi connectivity index (χ2n) is 3.30. The normalized spacial score (nSPS) is 33.8. The fraction of sp³-hybridized carbons (Fsp3) is 0.778. The zero-order valence-electron chi connectivity index (χ0n) is 5.90. The predicted octanol–water partition coefficient (Wildman–Crippen LogP) is 2.90. The summed E-state index contributed by atoms with van der Waals surface area (Å²) in [5, 5.41) is 0. The summed E-state index contributed by atoms with van der Waals surface area (Å²) >= 11 is 0. The maximum Gasteiger partial charge on any atom is -0.0200 e. The number of allylic oxidation sites excluding steroid dienone is 2. The topological polar surface area (TPSA) is 0 Å². The van der Waals surface area contributed by atoms with Gasteiger partial charge in [-0.15, -0.1) is 0 Å². The highest BCUT2D eigenvalue weighted by molar-refractivity contribution is 5.15. The molecule has 0 bridgehead atoms. The van der Waals surface area contributed by atoms with Gasteiger partial charge < -0.3 is 0 Å². The average molecular weight is 122 g/mol. The van der Waals surface area contributed by atoms with Crippen molar-refractivity contribution in [1.29, 1.82) is 0 Å². The molecule has 0 nitrogen and oxygen atoms in total. The molecule has 0 aromatic carbocycles. The molecule has 0 unspecified atom stereocenters. The summed E-state index contributed by atoms with van der Waals surface area (Å²) < 4.78 is 0. The summed E-state index contributed by atoms with van der Waals surface area (Å²) in [6, 6.07) is 0. The van der Waals surface area contributed by atoms with Gasteiger partial charge >= 0.3 is 0 Å². The third kappa shape index (κ3) is 0.910. The van der Waals surface area contributed by atoms with Crippen LogP contribution in [-0.2, 0) is 0 Å². The van der Waals surface area contributed by atoms with Crippen molar-refractivity contribution in [3.8, 4) is 0 Å². The summed E-state index contributed by atoms with van der Waals surface area (Å²) in [7, 11) is 0. The molecule has 0 heteroatoms. The Bertz CT molecular complexity index is 133. The van der Waals surface area contributed by atoms with Crippen molar-refractivity contribution in [2.24, 2.45) is 5.92 Å². The third-order valence-electron chi connectivity index (χ3n) is 2.72. The molecule has 2 aliphatic rings. The highest BCUT2D eigenvalue weighted by Crippen LogP contribution is 2.39. The first-order valence-electron chi connectivity index (χ1n) is 4.16. The first-order chi connectivity index (χ1) is 4.47. The van der Waals surface area contributed by atoms with Crippen molar-refractivity contribution in [1.82, 2.24) is 0 Å². The molecule has 0 aromatic rings. The van der Waals surface area contributed by atoms with E-state index in [9.17, 15) is 0 Å². The van der Waals surface area contributed by atoms with E-state index in [1.807, 2.05) is 0 Å². The van der Waals surface area contributed by atoms with Crippen LogP contribution >= 0.6 is 0 Å². The number of hydrogen-bond acceptors (Lipinski definition) is 0. The van der Waals surface area contributed by atoms with Gasteiger partial charge in [-0.05, 0) is 38.0 Å². The summed E-state index contributed by atoms with van der Waals surface area (Å²) in [5.41, 5.74) is 1.78. The molecule has 1 atom stereocenters. The lowest BCUT2D eigenvalue weighted by molar-refractivity contribution is 0.410. The minimum absolute atomic E-state index is 1.03. The van der Waals surface area contributed by atoms with Crippen LogP contribution < -0.4 is 0 Å². The van der Waals surface area contributed by atoms with E-state index in [-0.39, 0.29) is 0 Å². The second kappa shape index (κ2) is 2.17. The van der Waals surface area contributed by atoms with Gasteiger partial charge in [0.05, 0.1) is 0 Å². The molecule has 0 aromatic heterocycles. The number of rotatable bonds is 0. The minimum Gasteiger partial charge on any atom is -0.0851 e. The number of hydrogen-bond donors (Lipinski definition) is 0. The summed E-state index contributed by atoms with van der Waals surface area (Å²) in [6.45, 7) is 0. The highest BCUT2D eigenvalue weighted by atomic mass is 14.3. The molecule has 1 fully saturated rings. The Morgan fingerprint density at radius 1 is 1.22 bits per heavy atom. The third-order valence-corrected chi connectivity index (χ3v) is 2.72. The van der Waals surface area contributed by atoms with Crippen LogP contribution in [0.4, 0.5) is 0 Å². The van der Waals surface area contributed by atoms with Gasteiger partial charge in [0, 0.05) is 0 Å². The van der Waals surface area contributed by atoms with Crippen LogP contribution in [-0.4, -0.2) is 0 Å². The second-order valence-corrected chi connectivity index (χ2v) is 3.30. The quantitative estimate of drug-likeness (QED) is 0.433. The van der Waals surface area contributed by atoms with Crippen LogP contribution in [0.5, 0.6) is 0 Å². The predicted molar refractivity (Wildman–Crippen MR) is 39.3 cm³/mol. The van der Waals surface area contributed by atoms with Gasteiger partial charge in [0.15, 0.2) is 0 Å². The Morgan fingerprint density at radius 2 is 2.22 bits per heavy atom. The van der Waals surface area contributed by atoms with Crippen molar-refractivity contribution in [2.75, 3.05) is 0 Å². The van der Waals surface area contributed by atoms with Crippen LogP contribution in [0.2, 0.25) is 0 Å². The molecular weight excluding hydrogens is 108 g/mol. The lowest BCUT2D eigenvalue weighted by Gasteiger charge is -2.28. The maximum absolute atomic E-state index is 2.49. The van der Waals surface area contributed by atoms with E-state index < -0.39 is 0 Å². The largest absolute Gasteiger partial charge is 0.0851 e. The molecule has 0 N–H and O–H groups in total. The monoisotopic (exact) mass is 122 g/mol. The van der Waals surface area contributed by atoms with Crippen molar-refractivity contribution in [2.45, 2.75) is 38.5 Å². The highest BCUT2D eigenvalue weighted by Gasteiger charge is 2.23. The average Bonchev–Trinajstić information content (AvgIpc) is 1.94. The molecule has 0 saturated heterocycles. The van der Waals surface area contributed by atoms with Gasteiger partial charge in [-0.25, -0.2) is 0 Å². The summed E-state index contributed by atoms with van der Waals surface area (Å²) in [4.78, 5) is 0. The van der Waals surface area contributed by atoms with Gasteiger partial charge in [-0.1, -0.05) is 18.1 Å². The molecule has 1 saturated carbocycles. The smallest absolute Gasteiger partial charge is 0.0200 e. The van der Waals surface area contributed by atoms with E-state index in [0.29, 0.717) is 0 Å². The van der Waals surface area contributed by atoms with E-state index in [1.165, 1.54) is 38.5 Å².